The molecule has 0 amide bonds. The molecule has 1 rings (SSSR count). The monoisotopic (exact) mass is 294 g/mol. The molecule has 0 bridgehead atoms. The Hall–Kier alpha value is -0.620. The highest BCUT2D eigenvalue weighted by molar-refractivity contribution is 7.11. The van der Waals surface area contributed by atoms with E-state index >= 15 is 0 Å². The van der Waals surface area contributed by atoms with Gasteiger partial charge in [0.05, 0.1) is 12.1 Å². The Morgan fingerprint density at radius 1 is 1.21 bits per heavy atom. The lowest BCUT2D eigenvalue weighted by Gasteiger charge is -2.08. The Balaban J connectivity index is 2.85. The molecule has 0 aliphatic rings. The molecule has 0 aliphatic heterocycles. The lowest BCUT2D eigenvalue weighted by molar-refractivity contribution is -0.127. The molecule has 1 heterocycles. The molecule has 0 spiro atoms. The number of alkyl halides is 3. The highest BCUT2D eigenvalue weighted by Gasteiger charge is 2.30. The van der Waals surface area contributed by atoms with Gasteiger partial charge in [0.1, 0.15) is 5.01 Å². The number of rotatable bonds is 6. The van der Waals surface area contributed by atoms with Crippen LogP contribution >= 0.6 is 11.3 Å². The molecular weight excluding hydrogens is 273 g/mol. The molecule has 0 saturated carbocycles. The van der Waals surface area contributed by atoms with Gasteiger partial charge in [-0.05, 0) is 12.3 Å². The van der Waals surface area contributed by atoms with Crippen LogP contribution in [0.4, 0.5) is 13.2 Å². The van der Waals surface area contributed by atoms with Crippen molar-refractivity contribution < 1.29 is 13.2 Å². The van der Waals surface area contributed by atoms with Gasteiger partial charge in [-0.25, -0.2) is 4.98 Å². The van der Waals surface area contributed by atoms with Crippen LogP contribution in [0.15, 0.2) is 0 Å². The van der Waals surface area contributed by atoms with Crippen molar-refractivity contribution in [1.29, 1.82) is 0 Å². The third-order valence-corrected chi connectivity index (χ3v) is 3.54. The number of thiazole rings is 1. The van der Waals surface area contributed by atoms with E-state index in [2.05, 4.69) is 10.3 Å². The summed E-state index contributed by atoms with van der Waals surface area (Å²) in [4.78, 5) is 5.10. The van der Waals surface area contributed by atoms with Crippen molar-refractivity contribution in [3.63, 3.8) is 0 Å². The van der Waals surface area contributed by atoms with Crippen molar-refractivity contribution in [2.75, 3.05) is 0 Å². The minimum atomic E-state index is -4.18. The molecule has 0 atom stereocenters. The van der Waals surface area contributed by atoms with Crippen molar-refractivity contribution in [3.8, 4) is 0 Å². The van der Waals surface area contributed by atoms with Gasteiger partial charge in [0, 0.05) is 17.5 Å². The van der Waals surface area contributed by atoms with Gasteiger partial charge in [0.2, 0.25) is 0 Å². The molecule has 110 valence electrons. The summed E-state index contributed by atoms with van der Waals surface area (Å²) in [7, 11) is 0. The first kappa shape index (κ1) is 16.4. The van der Waals surface area contributed by atoms with E-state index in [1.807, 2.05) is 27.7 Å². The van der Waals surface area contributed by atoms with Gasteiger partial charge in [-0.1, -0.05) is 27.7 Å². The van der Waals surface area contributed by atoms with Crippen LogP contribution in [-0.4, -0.2) is 17.2 Å². The average molecular weight is 294 g/mol. The third kappa shape index (κ3) is 6.38. The summed E-state index contributed by atoms with van der Waals surface area (Å²) in [5, 5.41) is 3.41. The molecular formula is C13H21F3N2S. The fourth-order valence-corrected chi connectivity index (χ4v) is 2.74. The maximum atomic E-state index is 12.4. The van der Waals surface area contributed by atoms with Crippen LogP contribution in [0.25, 0.3) is 0 Å². The number of hydrogen-bond donors (Lipinski definition) is 1. The fraction of sp³-hybridized carbons (Fsp3) is 0.769. The van der Waals surface area contributed by atoms with E-state index in [1.54, 1.807) is 0 Å². The largest absolute Gasteiger partial charge is 0.395 e. The fourth-order valence-electron chi connectivity index (χ4n) is 1.67. The standard InChI is InChI=1S/C13H21F3N2S/c1-8(2)5-10-11(7-17-9(3)4)19-12(18-10)6-13(14,15)16/h8-9,17H,5-7H2,1-4H3. The Morgan fingerprint density at radius 3 is 2.32 bits per heavy atom. The van der Waals surface area contributed by atoms with E-state index in [4.69, 9.17) is 0 Å². The normalized spacial score (nSPS) is 12.7. The van der Waals surface area contributed by atoms with Crippen LogP contribution in [0.1, 0.15) is 43.3 Å². The summed E-state index contributed by atoms with van der Waals surface area (Å²) >= 11 is 1.18. The zero-order valence-corrected chi connectivity index (χ0v) is 12.6. The third-order valence-electron chi connectivity index (χ3n) is 2.45. The molecule has 0 radical (unpaired) electrons. The maximum absolute atomic E-state index is 12.4. The first-order valence-electron chi connectivity index (χ1n) is 6.45. The summed E-state index contributed by atoms with van der Waals surface area (Å²) in [6.45, 7) is 8.71. The molecule has 6 heteroatoms. The quantitative estimate of drug-likeness (QED) is 0.859. The van der Waals surface area contributed by atoms with E-state index in [0.717, 1.165) is 17.0 Å². The molecule has 1 aromatic rings. The van der Waals surface area contributed by atoms with Gasteiger partial charge < -0.3 is 5.32 Å². The van der Waals surface area contributed by atoms with E-state index in [-0.39, 0.29) is 5.01 Å². The van der Waals surface area contributed by atoms with Gasteiger partial charge in [-0.2, -0.15) is 13.2 Å². The molecule has 0 aromatic carbocycles. The minimum absolute atomic E-state index is 0.170. The Kier molecular flexibility index (Phi) is 5.80. The molecule has 0 fully saturated rings. The van der Waals surface area contributed by atoms with E-state index < -0.39 is 12.6 Å². The van der Waals surface area contributed by atoms with Crippen LogP contribution < -0.4 is 5.32 Å². The summed E-state index contributed by atoms with van der Waals surface area (Å²) < 4.78 is 37.2. The van der Waals surface area contributed by atoms with Crippen LogP contribution in [0.5, 0.6) is 0 Å². The van der Waals surface area contributed by atoms with Crippen molar-refractivity contribution in [3.05, 3.63) is 15.6 Å². The molecule has 1 aromatic heterocycles. The Morgan fingerprint density at radius 2 is 1.84 bits per heavy atom. The zero-order valence-electron chi connectivity index (χ0n) is 11.8. The van der Waals surface area contributed by atoms with E-state index in [0.29, 0.717) is 18.5 Å². The van der Waals surface area contributed by atoms with Gasteiger partial charge in [-0.3, -0.25) is 0 Å². The number of halogens is 3. The SMILES string of the molecule is CC(C)Cc1nc(CC(F)(F)F)sc1CNC(C)C. The van der Waals surface area contributed by atoms with Crippen molar-refractivity contribution in [1.82, 2.24) is 10.3 Å². The van der Waals surface area contributed by atoms with Crippen molar-refractivity contribution >= 4 is 11.3 Å². The lowest BCUT2D eigenvalue weighted by Crippen LogP contribution is -2.22. The predicted octanol–water partition coefficient (Wildman–Crippen LogP) is 3.94. The second-order valence-electron chi connectivity index (χ2n) is 5.40. The average Bonchev–Trinajstić information content (AvgIpc) is 2.53. The van der Waals surface area contributed by atoms with Crippen LogP contribution in [0.3, 0.4) is 0 Å². The molecule has 0 unspecified atom stereocenters. The molecule has 19 heavy (non-hydrogen) atoms. The molecule has 0 saturated heterocycles. The minimum Gasteiger partial charge on any atom is -0.310 e. The number of aromatic nitrogens is 1. The summed E-state index contributed by atoms with van der Waals surface area (Å²) in [6, 6.07) is 0.306. The van der Waals surface area contributed by atoms with Gasteiger partial charge >= 0.3 is 6.18 Å². The van der Waals surface area contributed by atoms with Crippen molar-refractivity contribution in [2.45, 2.75) is 59.3 Å². The van der Waals surface area contributed by atoms with Crippen LogP contribution in [0, 0.1) is 5.92 Å². The van der Waals surface area contributed by atoms with E-state index in [9.17, 15) is 13.2 Å². The van der Waals surface area contributed by atoms with Crippen LogP contribution in [-0.2, 0) is 19.4 Å². The highest BCUT2D eigenvalue weighted by atomic mass is 32.1. The molecule has 2 nitrogen and oxygen atoms in total. The van der Waals surface area contributed by atoms with Crippen molar-refractivity contribution in [2.24, 2.45) is 5.92 Å². The topological polar surface area (TPSA) is 24.9 Å². The zero-order chi connectivity index (χ0) is 14.6. The van der Waals surface area contributed by atoms with Gasteiger partial charge in [0.25, 0.3) is 0 Å². The second-order valence-corrected chi connectivity index (χ2v) is 6.57. The number of hydrogen-bond acceptors (Lipinski definition) is 3. The van der Waals surface area contributed by atoms with Gasteiger partial charge in [0.15, 0.2) is 0 Å². The second kappa shape index (κ2) is 6.70. The van der Waals surface area contributed by atoms with Crippen LogP contribution in [0.2, 0.25) is 0 Å². The van der Waals surface area contributed by atoms with Gasteiger partial charge in [-0.15, -0.1) is 11.3 Å². The molecule has 0 aliphatic carbocycles. The summed E-state index contributed by atoms with van der Waals surface area (Å²) in [6.07, 6.45) is -4.39. The summed E-state index contributed by atoms with van der Waals surface area (Å²) in [5.74, 6) is 0.388. The molecule has 1 N–H and O–H groups in total. The first-order valence-corrected chi connectivity index (χ1v) is 7.26. The number of nitrogens with zero attached hydrogens (tertiary/aromatic N) is 1. The maximum Gasteiger partial charge on any atom is 0.395 e. The number of nitrogens with one attached hydrogen (secondary N) is 1. The van der Waals surface area contributed by atoms with E-state index in [1.165, 1.54) is 11.3 Å². The Labute approximate surface area is 116 Å². The predicted molar refractivity (Wildman–Crippen MR) is 72.4 cm³/mol. The lowest BCUT2D eigenvalue weighted by atomic mass is 10.1. The first-order chi connectivity index (χ1) is 8.67. The Bertz CT molecular complexity index is 397. The highest BCUT2D eigenvalue weighted by Crippen LogP contribution is 2.27. The smallest absolute Gasteiger partial charge is 0.310 e. The summed E-state index contributed by atoms with van der Waals surface area (Å²) in [5.41, 5.74) is 0.812.